The Morgan fingerprint density at radius 3 is 2.80 bits per heavy atom. The first-order valence-corrected chi connectivity index (χ1v) is 8.53. The molecule has 25 heavy (non-hydrogen) atoms. The van der Waals surface area contributed by atoms with Gasteiger partial charge in [-0.05, 0) is 36.2 Å². The third-order valence-corrected chi connectivity index (χ3v) is 4.70. The zero-order valence-electron chi connectivity index (χ0n) is 13.3. The van der Waals surface area contributed by atoms with Crippen molar-refractivity contribution in [2.24, 2.45) is 10.2 Å². The van der Waals surface area contributed by atoms with Gasteiger partial charge in [-0.3, -0.25) is 9.69 Å². The standard InChI is InChI=1S/C18H16FN3O2S/c1-2-9-22-17(23)16(11-13-5-7-14(19)8-6-13)25-18(22)21-20-12-15-4-3-10-24-15/h2-8,10,12,16H,1,9,11H2/b20-12+,21-18+. The average molecular weight is 357 g/mol. The van der Waals surface area contributed by atoms with Crippen LogP contribution >= 0.6 is 11.8 Å². The predicted molar refractivity (Wildman–Crippen MR) is 97.1 cm³/mol. The largest absolute Gasteiger partial charge is 0.463 e. The number of carbonyl (C=O) groups excluding carboxylic acids is 1. The van der Waals surface area contributed by atoms with Crippen molar-refractivity contribution in [2.45, 2.75) is 11.7 Å². The fraction of sp³-hybridized carbons (Fsp3) is 0.167. The van der Waals surface area contributed by atoms with Crippen LogP contribution in [0.15, 0.2) is 69.9 Å². The van der Waals surface area contributed by atoms with E-state index in [0.717, 1.165) is 5.56 Å². The summed E-state index contributed by atoms with van der Waals surface area (Å²) in [4.78, 5) is 14.1. The van der Waals surface area contributed by atoms with Gasteiger partial charge in [-0.2, -0.15) is 5.10 Å². The van der Waals surface area contributed by atoms with Crippen molar-refractivity contribution in [1.82, 2.24) is 4.90 Å². The zero-order chi connectivity index (χ0) is 17.6. The first kappa shape index (κ1) is 17.2. The summed E-state index contributed by atoms with van der Waals surface area (Å²) in [5, 5.41) is 8.32. The molecule has 0 bridgehead atoms. The Kier molecular flexibility index (Phi) is 5.45. The highest BCUT2D eigenvalue weighted by atomic mass is 32.2. The maximum Gasteiger partial charge on any atom is 0.242 e. The number of furan rings is 1. The van der Waals surface area contributed by atoms with E-state index in [9.17, 15) is 9.18 Å². The maximum atomic E-state index is 13.0. The monoisotopic (exact) mass is 357 g/mol. The van der Waals surface area contributed by atoms with Crippen LogP contribution in [0.3, 0.4) is 0 Å². The molecule has 1 aromatic carbocycles. The van der Waals surface area contributed by atoms with Crippen LogP contribution in [0.4, 0.5) is 4.39 Å². The van der Waals surface area contributed by atoms with Crippen molar-refractivity contribution in [3.8, 4) is 0 Å². The lowest BCUT2D eigenvalue weighted by atomic mass is 10.1. The van der Waals surface area contributed by atoms with Crippen LogP contribution in [0.5, 0.6) is 0 Å². The molecule has 0 N–H and O–H groups in total. The smallest absolute Gasteiger partial charge is 0.242 e. The van der Waals surface area contributed by atoms with Gasteiger partial charge in [-0.25, -0.2) is 4.39 Å². The summed E-state index contributed by atoms with van der Waals surface area (Å²) in [6.45, 7) is 4.04. The van der Waals surface area contributed by atoms with E-state index < -0.39 is 0 Å². The molecule has 2 aromatic rings. The third kappa shape index (κ3) is 4.24. The summed E-state index contributed by atoms with van der Waals surface area (Å²) < 4.78 is 18.2. The molecule has 0 aliphatic carbocycles. The lowest BCUT2D eigenvalue weighted by Gasteiger charge is -2.12. The SMILES string of the molecule is C=CCN1C(=O)C(Cc2ccc(F)cc2)S/C1=N/N=C/c1ccco1. The summed E-state index contributed by atoms with van der Waals surface area (Å²) in [5.74, 6) is 0.231. The Balaban J connectivity index is 1.74. The number of hydrogen-bond donors (Lipinski definition) is 0. The molecule has 128 valence electrons. The number of benzene rings is 1. The highest BCUT2D eigenvalue weighted by molar-refractivity contribution is 8.15. The Labute approximate surface area is 148 Å². The fourth-order valence-electron chi connectivity index (χ4n) is 2.35. The van der Waals surface area contributed by atoms with Gasteiger partial charge >= 0.3 is 0 Å². The van der Waals surface area contributed by atoms with Gasteiger partial charge < -0.3 is 4.42 Å². The van der Waals surface area contributed by atoms with E-state index in [1.54, 1.807) is 41.5 Å². The van der Waals surface area contributed by atoms with E-state index in [4.69, 9.17) is 4.42 Å². The van der Waals surface area contributed by atoms with E-state index in [1.807, 2.05) is 0 Å². The molecule has 1 saturated heterocycles. The summed E-state index contributed by atoms with van der Waals surface area (Å²) in [7, 11) is 0. The van der Waals surface area contributed by atoms with E-state index in [2.05, 4.69) is 16.8 Å². The van der Waals surface area contributed by atoms with E-state index >= 15 is 0 Å². The van der Waals surface area contributed by atoms with Crippen LogP contribution in [0, 0.1) is 5.82 Å². The number of nitrogens with zero attached hydrogens (tertiary/aromatic N) is 3. The number of thioether (sulfide) groups is 1. The van der Waals surface area contributed by atoms with Crippen LogP contribution in [0.2, 0.25) is 0 Å². The van der Waals surface area contributed by atoms with Crippen molar-refractivity contribution < 1.29 is 13.6 Å². The molecule has 1 atom stereocenters. The molecule has 1 aromatic heterocycles. The number of hydrogen-bond acceptors (Lipinski definition) is 5. The van der Waals surface area contributed by atoms with Gasteiger partial charge in [0.2, 0.25) is 5.91 Å². The molecule has 5 nitrogen and oxygen atoms in total. The highest BCUT2D eigenvalue weighted by Crippen LogP contribution is 2.30. The molecule has 0 spiro atoms. The van der Waals surface area contributed by atoms with Crippen molar-refractivity contribution in [3.05, 3.63) is 72.5 Å². The topological polar surface area (TPSA) is 58.2 Å². The molecule has 2 heterocycles. The van der Waals surface area contributed by atoms with E-state index in [0.29, 0.717) is 23.9 Å². The molecule has 1 aliphatic rings. The molecule has 7 heteroatoms. The quantitative estimate of drug-likeness (QED) is 0.452. The van der Waals surface area contributed by atoms with Crippen LogP contribution < -0.4 is 0 Å². The number of halogens is 1. The molecule has 0 radical (unpaired) electrons. The molecule has 1 unspecified atom stereocenters. The maximum absolute atomic E-state index is 13.0. The lowest BCUT2D eigenvalue weighted by Crippen LogP contribution is -2.32. The van der Waals surface area contributed by atoms with Crippen molar-refractivity contribution in [3.63, 3.8) is 0 Å². The van der Waals surface area contributed by atoms with Gasteiger partial charge in [0.1, 0.15) is 11.6 Å². The fourth-order valence-corrected chi connectivity index (χ4v) is 3.49. The Bertz CT molecular complexity index is 800. The molecule has 3 rings (SSSR count). The zero-order valence-corrected chi connectivity index (χ0v) is 14.2. The second-order valence-corrected chi connectivity index (χ2v) is 6.49. The second kappa shape index (κ2) is 7.94. The molecule has 0 saturated carbocycles. The van der Waals surface area contributed by atoms with Gasteiger partial charge in [0, 0.05) is 6.54 Å². The second-order valence-electron chi connectivity index (χ2n) is 5.32. The minimum absolute atomic E-state index is 0.0545. The predicted octanol–water partition coefficient (Wildman–Crippen LogP) is 3.48. The average Bonchev–Trinajstić information content (AvgIpc) is 3.21. The highest BCUT2D eigenvalue weighted by Gasteiger charge is 2.37. The van der Waals surface area contributed by atoms with Crippen molar-refractivity contribution in [1.29, 1.82) is 0 Å². The summed E-state index contributed by atoms with van der Waals surface area (Å²) in [5.41, 5.74) is 0.895. The summed E-state index contributed by atoms with van der Waals surface area (Å²) >= 11 is 1.34. The van der Waals surface area contributed by atoms with Crippen molar-refractivity contribution >= 4 is 29.1 Å². The normalized spacial score (nSPS) is 19.2. The van der Waals surface area contributed by atoms with Crippen LogP contribution in [-0.2, 0) is 11.2 Å². The Morgan fingerprint density at radius 2 is 2.12 bits per heavy atom. The first-order chi connectivity index (χ1) is 12.2. The summed E-state index contributed by atoms with van der Waals surface area (Å²) in [6.07, 6.45) is 5.17. The number of carbonyl (C=O) groups is 1. The van der Waals surface area contributed by atoms with Crippen LogP contribution in [0.1, 0.15) is 11.3 Å². The molecule has 1 amide bonds. The Morgan fingerprint density at radius 1 is 1.32 bits per heavy atom. The molecular weight excluding hydrogens is 341 g/mol. The lowest BCUT2D eigenvalue weighted by molar-refractivity contribution is -0.125. The number of amides is 1. The van der Waals surface area contributed by atoms with E-state index in [-0.39, 0.29) is 17.0 Å². The minimum Gasteiger partial charge on any atom is -0.463 e. The Hall–Kier alpha value is -2.67. The van der Waals surface area contributed by atoms with Gasteiger partial charge in [-0.15, -0.1) is 11.7 Å². The van der Waals surface area contributed by atoms with Crippen molar-refractivity contribution in [2.75, 3.05) is 6.54 Å². The van der Waals surface area contributed by atoms with E-state index in [1.165, 1.54) is 30.1 Å². The minimum atomic E-state index is -0.317. The number of amidine groups is 1. The first-order valence-electron chi connectivity index (χ1n) is 7.65. The van der Waals surface area contributed by atoms with Crippen LogP contribution in [-0.4, -0.2) is 34.0 Å². The van der Waals surface area contributed by atoms with Gasteiger partial charge in [0.05, 0.1) is 17.7 Å². The van der Waals surface area contributed by atoms with Crippen LogP contribution in [0.25, 0.3) is 0 Å². The van der Waals surface area contributed by atoms with Gasteiger partial charge in [0.15, 0.2) is 5.17 Å². The number of rotatable bonds is 6. The van der Waals surface area contributed by atoms with Gasteiger partial charge in [0.25, 0.3) is 0 Å². The van der Waals surface area contributed by atoms with Gasteiger partial charge in [-0.1, -0.05) is 30.0 Å². The molecule has 1 fully saturated rings. The molecule has 1 aliphatic heterocycles. The molecular formula is C18H16FN3O2S. The third-order valence-electron chi connectivity index (χ3n) is 3.54. The summed E-state index contributed by atoms with van der Waals surface area (Å²) in [6, 6.07) is 9.67.